The van der Waals surface area contributed by atoms with Gasteiger partial charge in [0.05, 0.1) is 5.56 Å². The topological polar surface area (TPSA) is 115 Å². The second-order valence-electron chi connectivity index (χ2n) is 3.80. The Morgan fingerprint density at radius 1 is 1.37 bits per heavy atom. The van der Waals surface area contributed by atoms with Crippen LogP contribution in [0.15, 0.2) is 24.4 Å². The van der Waals surface area contributed by atoms with Gasteiger partial charge in [-0.05, 0) is 23.7 Å². The van der Waals surface area contributed by atoms with Crippen LogP contribution >= 0.6 is 11.6 Å². The molecule has 1 heterocycles. The largest absolute Gasteiger partial charge is 0.399 e. The van der Waals surface area contributed by atoms with E-state index in [2.05, 4.69) is 31.6 Å². The first-order valence-corrected chi connectivity index (χ1v) is 6.25. The Morgan fingerprint density at radius 2 is 2.11 bits per heavy atom. The smallest absolute Gasteiger partial charge is 0.275 e. The molecule has 6 nitrogen and oxygen atoms in total. The monoisotopic (exact) mass is 289 g/mol. The Labute approximate surface area is 123 Å². The summed E-state index contributed by atoms with van der Waals surface area (Å²) in [6.07, 6.45) is 1.56. The Bertz CT molecular complexity index is 645. The van der Waals surface area contributed by atoms with Crippen molar-refractivity contribution in [1.29, 1.82) is 0 Å². The molecule has 0 saturated heterocycles. The molecule has 1 aromatic heterocycles. The van der Waals surface area contributed by atoms with Crippen molar-refractivity contribution in [2.45, 2.75) is 0 Å². The molecule has 7 N–H and O–H groups in total. The molecule has 2 radical (unpaired) electrons. The normalized spacial score (nSPS) is 10.2. The van der Waals surface area contributed by atoms with Gasteiger partial charge >= 0.3 is 0 Å². The number of nitrogens with zero attached hydrogens (tertiary/aromatic N) is 2. The van der Waals surface area contributed by atoms with Crippen LogP contribution in [0.4, 0.5) is 23.1 Å². The molecule has 0 aliphatic heterocycles. The zero-order chi connectivity index (χ0) is 14.0. The Kier molecular flexibility index (Phi) is 3.91. The van der Waals surface area contributed by atoms with Gasteiger partial charge in [-0.3, -0.25) is 0 Å². The minimum Gasteiger partial charge on any atom is -0.399 e. The zero-order valence-corrected chi connectivity index (χ0v) is 11.8. The van der Waals surface area contributed by atoms with E-state index in [1.54, 1.807) is 18.3 Å². The quantitative estimate of drug-likeness (QED) is 0.326. The average Bonchev–Trinajstić information content (AvgIpc) is 2.33. The van der Waals surface area contributed by atoms with Crippen molar-refractivity contribution >= 4 is 60.6 Å². The molecule has 19 heavy (non-hydrogen) atoms. The maximum absolute atomic E-state index is 5.89. The van der Waals surface area contributed by atoms with E-state index in [9.17, 15) is 0 Å². The highest BCUT2D eigenvalue weighted by atomic mass is 35.5. The van der Waals surface area contributed by atoms with E-state index >= 15 is 0 Å². The van der Waals surface area contributed by atoms with Crippen LogP contribution in [0, 0.1) is 0 Å². The van der Waals surface area contributed by atoms with Crippen LogP contribution in [-0.2, 0) is 0 Å². The first-order valence-electron chi connectivity index (χ1n) is 5.30. The SMILES string of the molecule is Nc1nccc(Nc2c[c]([Al])c(N)c(C(=[NH2+])Cl)c2)n1. The molecule has 0 bridgehead atoms. The van der Waals surface area contributed by atoms with Gasteiger partial charge in [0.25, 0.3) is 5.17 Å². The highest BCUT2D eigenvalue weighted by Gasteiger charge is 2.11. The summed E-state index contributed by atoms with van der Waals surface area (Å²) in [5.41, 5.74) is 13.2. The summed E-state index contributed by atoms with van der Waals surface area (Å²) in [5, 5.41) is 8.80. The highest BCUT2D eigenvalue weighted by Crippen LogP contribution is 2.19. The lowest BCUT2D eigenvalue weighted by Crippen LogP contribution is -2.37. The van der Waals surface area contributed by atoms with Crippen molar-refractivity contribution in [1.82, 2.24) is 9.97 Å². The predicted octanol–water partition coefficient (Wildman–Crippen LogP) is -1.08. The van der Waals surface area contributed by atoms with E-state index in [4.69, 9.17) is 28.5 Å². The minimum atomic E-state index is 0.132. The molecule has 0 atom stereocenters. The van der Waals surface area contributed by atoms with Crippen molar-refractivity contribution in [3.63, 3.8) is 0 Å². The van der Waals surface area contributed by atoms with Gasteiger partial charge in [0.15, 0.2) is 16.3 Å². The summed E-state index contributed by atoms with van der Waals surface area (Å²) >= 11 is 8.34. The molecule has 1 aromatic carbocycles. The molecule has 0 unspecified atom stereocenters. The van der Waals surface area contributed by atoms with E-state index in [-0.39, 0.29) is 11.1 Å². The van der Waals surface area contributed by atoms with Gasteiger partial charge in [-0.25, -0.2) is 10.4 Å². The van der Waals surface area contributed by atoms with Crippen molar-refractivity contribution < 1.29 is 5.41 Å². The number of anilines is 4. The lowest BCUT2D eigenvalue weighted by Gasteiger charge is -2.11. The van der Waals surface area contributed by atoms with Crippen LogP contribution in [0.25, 0.3) is 0 Å². The molecular formula is C11H11AlClN6+. The second-order valence-corrected chi connectivity index (χ2v) is 4.83. The Balaban J connectivity index is 2.38. The molecule has 0 fully saturated rings. The lowest BCUT2D eigenvalue weighted by atomic mass is 10.1. The van der Waals surface area contributed by atoms with Gasteiger partial charge in [0.1, 0.15) is 5.82 Å². The van der Waals surface area contributed by atoms with Crippen molar-refractivity contribution in [2.75, 3.05) is 16.8 Å². The number of halogens is 1. The number of rotatable bonds is 3. The summed E-state index contributed by atoms with van der Waals surface area (Å²) in [7, 11) is 0. The number of hydrogen-bond donors (Lipinski definition) is 4. The van der Waals surface area contributed by atoms with Gasteiger partial charge < -0.3 is 16.8 Å². The van der Waals surface area contributed by atoms with Crippen LogP contribution in [-0.4, -0.2) is 31.4 Å². The van der Waals surface area contributed by atoms with E-state index < -0.39 is 0 Å². The fourth-order valence-electron chi connectivity index (χ4n) is 1.54. The lowest BCUT2D eigenvalue weighted by molar-refractivity contribution is -0.108. The van der Waals surface area contributed by atoms with Crippen LogP contribution < -0.4 is 26.6 Å². The fraction of sp³-hybridized carbons (Fsp3) is 0. The number of hydrogen-bond acceptors (Lipinski definition) is 5. The van der Waals surface area contributed by atoms with Gasteiger partial charge in [0, 0.05) is 17.6 Å². The third-order valence-electron chi connectivity index (χ3n) is 2.42. The Morgan fingerprint density at radius 3 is 2.74 bits per heavy atom. The summed E-state index contributed by atoms with van der Waals surface area (Å²) in [5.74, 6) is 0.760. The van der Waals surface area contributed by atoms with Crippen molar-refractivity contribution in [2.24, 2.45) is 0 Å². The van der Waals surface area contributed by atoms with Gasteiger partial charge in [-0.1, -0.05) is 6.07 Å². The molecule has 2 rings (SSSR count). The molecule has 0 spiro atoms. The van der Waals surface area contributed by atoms with Crippen LogP contribution in [0.1, 0.15) is 5.56 Å². The highest BCUT2D eigenvalue weighted by molar-refractivity contribution is 6.68. The molecule has 2 aromatic rings. The number of nitrogens with two attached hydrogens (primary N) is 3. The van der Waals surface area contributed by atoms with E-state index in [1.165, 1.54) is 0 Å². The number of nitrogen functional groups attached to an aromatic ring is 2. The third-order valence-corrected chi connectivity index (χ3v) is 3.10. The van der Waals surface area contributed by atoms with Crippen LogP contribution in [0.5, 0.6) is 0 Å². The molecular weight excluding hydrogens is 279 g/mol. The number of aromatic nitrogens is 2. The van der Waals surface area contributed by atoms with E-state index in [1.807, 2.05) is 6.07 Å². The fourth-order valence-corrected chi connectivity index (χ4v) is 2.03. The minimum absolute atomic E-state index is 0.132. The summed E-state index contributed by atoms with van der Waals surface area (Å²) in [4.78, 5) is 7.86. The summed E-state index contributed by atoms with van der Waals surface area (Å²) < 4.78 is 0.783. The first kappa shape index (κ1) is 13.6. The maximum atomic E-state index is 5.89. The summed E-state index contributed by atoms with van der Waals surface area (Å²) in [6.45, 7) is 0. The standard InChI is InChI=1S/C11H10ClN6.Al/c12-10(14)7-5-6(1-2-8(7)13)17-9-3-4-16-11(15)18-9;/h1,3-5,14H,13H2,(H3,15,16,17,18);/p+1. The van der Waals surface area contributed by atoms with Gasteiger partial charge in [-0.2, -0.15) is 4.98 Å². The average molecular weight is 290 g/mol. The van der Waals surface area contributed by atoms with E-state index in [0.29, 0.717) is 17.1 Å². The third kappa shape index (κ3) is 3.15. The molecule has 0 saturated carbocycles. The van der Waals surface area contributed by atoms with Gasteiger partial charge in [0.2, 0.25) is 5.95 Å². The van der Waals surface area contributed by atoms with Crippen LogP contribution in [0.3, 0.4) is 0 Å². The number of benzene rings is 1. The first-order chi connectivity index (χ1) is 8.97. The van der Waals surface area contributed by atoms with Crippen molar-refractivity contribution in [3.05, 3.63) is 30.0 Å². The van der Waals surface area contributed by atoms with Crippen LogP contribution in [0.2, 0.25) is 0 Å². The van der Waals surface area contributed by atoms with E-state index in [0.717, 1.165) is 10.1 Å². The van der Waals surface area contributed by atoms with Crippen molar-refractivity contribution in [3.8, 4) is 0 Å². The summed E-state index contributed by atoms with van der Waals surface area (Å²) in [6, 6.07) is 5.27. The second kappa shape index (κ2) is 5.45. The molecule has 0 amide bonds. The maximum Gasteiger partial charge on any atom is 0.275 e. The molecule has 8 heteroatoms. The molecule has 0 aliphatic carbocycles. The Hall–Kier alpha value is -1.81. The number of nitrogens with one attached hydrogen (secondary N) is 1. The molecule has 0 aliphatic rings. The molecule has 94 valence electrons. The predicted molar refractivity (Wildman–Crippen MR) is 77.9 cm³/mol. The van der Waals surface area contributed by atoms with Gasteiger partial charge in [-0.15, -0.1) is 4.43 Å². The zero-order valence-electron chi connectivity index (χ0n) is 9.89.